The molecule has 0 fully saturated rings. The van der Waals surface area contributed by atoms with Gasteiger partial charge in [0.05, 0.1) is 15.7 Å². The van der Waals surface area contributed by atoms with Gasteiger partial charge in [0, 0.05) is 0 Å². The van der Waals surface area contributed by atoms with E-state index < -0.39 is 11.4 Å². The summed E-state index contributed by atoms with van der Waals surface area (Å²) in [5.74, 6) is -0.549. The van der Waals surface area contributed by atoms with Gasteiger partial charge in [-0.25, -0.2) is 0 Å². The number of halogens is 4. The molecule has 0 atom stereocenters. The maximum Gasteiger partial charge on any atom is 0.292 e. The standard InChI is InChI=1S/C10H4Cl4N2O2/c11-5-2-1-4(3-6(5)12)16-10(18)8(14)7(13)9(17)15-16/h1-3H,(H,15,17). The highest BCUT2D eigenvalue weighted by Crippen LogP contribution is 2.27. The second kappa shape index (κ2) is 4.97. The van der Waals surface area contributed by atoms with Gasteiger partial charge in [-0.3, -0.25) is 4.79 Å². The van der Waals surface area contributed by atoms with E-state index in [2.05, 4.69) is 5.10 Å². The zero-order valence-corrected chi connectivity index (χ0v) is 11.5. The molecule has 0 aliphatic carbocycles. The average Bonchev–Trinajstić information content (AvgIpc) is 2.35. The first kappa shape index (κ1) is 13.5. The summed E-state index contributed by atoms with van der Waals surface area (Å²) in [7, 11) is 0. The van der Waals surface area contributed by atoms with E-state index in [1.54, 1.807) is 0 Å². The van der Waals surface area contributed by atoms with Gasteiger partial charge in [-0.15, -0.1) is 5.10 Å². The van der Waals surface area contributed by atoms with Crippen molar-refractivity contribution >= 4 is 46.4 Å². The van der Waals surface area contributed by atoms with Gasteiger partial charge in [0.2, 0.25) is 5.88 Å². The van der Waals surface area contributed by atoms with E-state index in [1.807, 2.05) is 0 Å². The van der Waals surface area contributed by atoms with E-state index in [4.69, 9.17) is 46.4 Å². The van der Waals surface area contributed by atoms with Gasteiger partial charge in [0.25, 0.3) is 5.56 Å². The summed E-state index contributed by atoms with van der Waals surface area (Å²) in [5.41, 5.74) is -0.360. The first-order valence-corrected chi connectivity index (χ1v) is 6.05. The van der Waals surface area contributed by atoms with Crippen LogP contribution in [0.2, 0.25) is 20.1 Å². The van der Waals surface area contributed by atoms with E-state index >= 15 is 0 Å². The summed E-state index contributed by atoms with van der Waals surface area (Å²) in [6.45, 7) is 0. The molecular formula is C10H4Cl4N2O2. The molecule has 0 unspecified atom stereocenters. The summed E-state index contributed by atoms with van der Waals surface area (Å²) >= 11 is 22.9. The van der Waals surface area contributed by atoms with Crippen LogP contribution < -0.4 is 5.56 Å². The molecule has 0 saturated heterocycles. The molecule has 0 saturated carbocycles. The highest BCUT2D eigenvalue weighted by Gasteiger charge is 2.15. The van der Waals surface area contributed by atoms with Crippen LogP contribution in [-0.2, 0) is 0 Å². The summed E-state index contributed by atoms with van der Waals surface area (Å²) < 4.78 is 0.881. The van der Waals surface area contributed by atoms with E-state index in [1.165, 1.54) is 18.2 Å². The summed E-state index contributed by atoms with van der Waals surface area (Å²) in [6, 6.07) is 4.42. The van der Waals surface area contributed by atoms with Crippen molar-refractivity contribution in [2.24, 2.45) is 0 Å². The molecule has 1 N–H and O–H groups in total. The van der Waals surface area contributed by atoms with Gasteiger partial charge in [-0.05, 0) is 18.2 Å². The highest BCUT2D eigenvalue weighted by molar-refractivity contribution is 6.43. The Hall–Kier alpha value is -0.940. The molecule has 2 rings (SSSR count). The molecular weight excluding hydrogens is 322 g/mol. The predicted molar refractivity (Wildman–Crippen MR) is 71.5 cm³/mol. The highest BCUT2D eigenvalue weighted by atomic mass is 35.5. The predicted octanol–water partition coefficient (Wildman–Crippen LogP) is 3.55. The minimum atomic E-state index is -0.669. The molecule has 1 heterocycles. The van der Waals surface area contributed by atoms with Gasteiger partial charge in [0.1, 0.15) is 10.0 Å². The first-order chi connectivity index (χ1) is 8.41. The van der Waals surface area contributed by atoms with Crippen LogP contribution in [0, 0.1) is 0 Å². The van der Waals surface area contributed by atoms with Gasteiger partial charge >= 0.3 is 0 Å². The Labute approximate surface area is 121 Å². The Kier molecular flexibility index (Phi) is 3.73. The number of hydrogen-bond donors (Lipinski definition) is 1. The number of nitrogens with zero attached hydrogens (tertiary/aromatic N) is 2. The van der Waals surface area contributed by atoms with Crippen molar-refractivity contribution in [3.8, 4) is 11.6 Å². The fourth-order valence-electron chi connectivity index (χ4n) is 1.26. The Morgan fingerprint density at radius 3 is 2.33 bits per heavy atom. The van der Waals surface area contributed by atoms with Crippen molar-refractivity contribution in [3.63, 3.8) is 0 Å². The van der Waals surface area contributed by atoms with Crippen molar-refractivity contribution in [3.05, 3.63) is 48.6 Å². The zero-order chi connectivity index (χ0) is 13.4. The third kappa shape index (κ3) is 2.29. The van der Waals surface area contributed by atoms with Crippen LogP contribution in [0.15, 0.2) is 23.0 Å². The average molecular weight is 326 g/mol. The maximum absolute atomic E-state index is 11.8. The SMILES string of the molecule is O=c1c(Cl)c(Cl)c(O)nn1-c1ccc(Cl)c(Cl)c1. The lowest BCUT2D eigenvalue weighted by molar-refractivity contribution is 0.437. The van der Waals surface area contributed by atoms with Crippen LogP contribution in [0.4, 0.5) is 0 Å². The lowest BCUT2D eigenvalue weighted by Gasteiger charge is -2.07. The minimum absolute atomic E-state index is 0.244. The number of aromatic nitrogens is 2. The van der Waals surface area contributed by atoms with E-state index in [-0.39, 0.29) is 15.1 Å². The number of aromatic hydroxyl groups is 1. The van der Waals surface area contributed by atoms with Crippen LogP contribution in [0.1, 0.15) is 0 Å². The number of benzene rings is 1. The molecule has 18 heavy (non-hydrogen) atoms. The van der Waals surface area contributed by atoms with Crippen molar-refractivity contribution in [2.45, 2.75) is 0 Å². The molecule has 4 nitrogen and oxygen atoms in total. The number of hydrogen-bond acceptors (Lipinski definition) is 3. The van der Waals surface area contributed by atoms with Crippen LogP contribution in [0.25, 0.3) is 5.69 Å². The van der Waals surface area contributed by atoms with Gasteiger partial charge in [-0.2, -0.15) is 4.68 Å². The largest absolute Gasteiger partial charge is 0.491 e. The van der Waals surface area contributed by atoms with Crippen LogP contribution in [0.5, 0.6) is 5.88 Å². The molecule has 0 amide bonds. The Morgan fingerprint density at radius 1 is 1.06 bits per heavy atom. The van der Waals surface area contributed by atoms with Crippen molar-refractivity contribution in [2.75, 3.05) is 0 Å². The lowest BCUT2D eigenvalue weighted by Crippen LogP contribution is -2.21. The Bertz CT molecular complexity index is 684. The third-order valence-corrected chi connectivity index (χ3v) is 3.66. The second-order valence-corrected chi connectivity index (χ2v) is 4.84. The molecule has 0 aliphatic rings. The number of rotatable bonds is 1. The van der Waals surface area contributed by atoms with E-state index in [9.17, 15) is 9.90 Å². The Morgan fingerprint density at radius 2 is 1.72 bits per heavy atom. The fourth-order valence-corrected chi connectivity index (χ4v) is 1.84. The van der Waals surface area contributed by atoms with Crippen LogP contribution >= 0.6 is 46.4 Å². The maximum atomic E-state index is 11.8. The van der Waals surface area contributed by atoms with Crippen molar-refractivity contribution in [1.29, 1.82) is 0 Å². The third-order valence-electron chi connectivity index (χ3n) is 2.11. The summed E-state index contributed by atoms with van der Waals surface area (Å²) in [5, 5.41) is 13.0. The van der Waals surface area contributed by atoms with Gasteiger partial charge < -0.3 is 5.11 Å². The molecule has 1 aromatic heterocycles. The summed E-state index contributed by atoms with van der Waals surface area (Å²) in [6.07, 6.45) is 0. The minimum Gasteiger partial charge on any atom is -0.491 e. The van der Waals surface area contributed by atoms with Crippen molar-refractivity contribution in [1.82, 2.24) is 9.78 Å². The summed E-state index contributed by atoms with van der Waals surface area (Å²) in [4.78, 5) is 11.8. The molecule has 0 radical (unpaired) electrons. The molecule has 0 spiro atoms. The lowest BCUT2D eigenvalue weighted by atomic mass is 10.3. The molecule has 2 aromatic rings. The zero-order valence-electron chi connectivity index (χ0n) is 8.49. The van der Waals surface area contributed by atoms with E-state index in [0.29, 0.717) is 10.7 Å². The normalized spacial score (nSPS) is 10.7. The van der Waals surface area contributed by atoms with Crippen LogP contribution in [-0.4, -0.2) is 14.9 Å². The quantitative estimate of drug-likeness (QED) is 0.872. The topological polar surface area (TPSA) is 55.1 Å². The first-order valence-electron chi connectivity index (χ1n) is 4.54. The molecule has 8 heteroatoms. The van der Waals surface area contributed by atoms with Gasteiger partial charge in [0.15, 0.2) is 0 Å². The smallest absolute Gasteiger partial charge is 0.292 e. The van der Waals surface area contributed by atoms with E-state index in [0.717, 1.165) is 4.68 Å². The molecule has 0 aliphatic heterocycles. The monoisotopic (exact) mass is 324 g/mol. The van der Waals surface area contributed by atoms with Gasteiger partial charge in [-0.1, -0.05) is 46.4 Å². The molecule has 1 aromatic carbocycles. The Balaban J connectivity index is 2.72. The van der Waals surface area contributed by atoms with Crippen molar-refractivity contribution < 1.29 is 5.11 Å². The fraction of sp³-hybridized carbons (Fsp3) is 0. The molecule has 0 bridgehead atoms. The van der Waals surface area contributed by atoms with Crippen LogP contribution in [0.3, 0.4) is 0 Å². The second-order valence-electron chi connectivity index (χ2n) is 3.27. The molecule has 94 valence electrons.